The van der Waals surface area contributed by atoms with E-state index in [-0.39, 0.29) is 18.7 Å². The zero-order valence-corrected chi connectivity index (χ0v) is 13.4. The number of halogens is 1. The Labute approximate surface area is 135 Å². The summed E-state index contributed by atoms with van der Waals surface area (Å²) in [6, 6.07) is 5.69. The van der Waals surface area contributed by atoms with Gasteiger partial charge in [0.2, 0.25) is 0 Å². The number of hydrogen-bond acceptors (Lipinski definition) is 3. The number of carbonyl (C=O) groups excluding carboxylic acids is 1. The van der Waals surface area contributed by atoms with Crippen molar-refractivity contribution in [1.29, 1.82) is 5.26 Å². The van der Waals surface area contributed by atoms with Crippen LogP contribution < -0.4 is 10.6 Å². The van der Waals surface area contributed by atoms with Crippen LogP contribution in [0.15, 0.2) is 18.2 Å². The van der Waals surface area contributed by atoms with Gasteiger partial charge in [-0.15, -0.1) is 0 Å². The molecule has 6 heteroatoms. The Kier molecular flexibility index (Phi) is 5.94. The van der Waals surface area contributed by atoms with Crippen molar-refractivity contribution in [3.8, 4) is 6.07 Å². The Morgan fingerprint density at radius 3 is 2.96 bits per heavy atom. The molecule has 0 radical (unpaired) electrons. The quantitative estimate of drug-likeness (QED) is 0.876. The summed E-state index contributed by atoms with van der Waals surface area (Å²) in [5, 5.41) is 14.3. The predicted molar refractivity (Wildman–Crippen MR) is 84.0 cm³/mol. The van der Waals surface area contributed by atoms with Crippen molar-refractivity contribution in [3.05, 3.63) is 35.1 Å². The summed E-state index contributed by atoms with van der Waals surface area (Å²) in [5.74, 6) is 0.281. The molecule has 1 fully saturated rings. The van der Waals surface area contributed by atoms with Crippen LogP contribution in [0.3, 0.4) is 0 Å². The van der Waals surface area contributed by atoms with Crippen LogP contribution in [0.2, 0.25) is 0 Å². The molecule has 0 saturated carbocycles. The van der Waals surface area contributed by atoms with Crippen molar-refractivity contribution in [2.24, 2.45) is 11.8 Å². The normalized spacial score (nSPS) is 20.3. The number of carbonyl (C=O) groups is 1. The van der Waals surface area contributed by atoms with Crippen molar-refractivity contribution >= 4 is 6.03 Å². The van der Waals surface area contributed by atoms with Gasteiger partial charge in [-0.3, -0.25) is 0 Å². The first-order chi connectivity index (χ1) is 11.0. The van der Waals surface area contributed by atoms with Crippen molar-refractivity contribution in [1.82, 2.24) is 10.6 Å². The van der Waals surface area contributed by atoms with E-state index in [4.69, 9.17) is 10.00 Å². The highest BCUT2D eigenvalue weighted by Gasteiger charge is 2.30. The predicted octanol–water partition coefficient (Wildman–Crippen LogP) is 2.56. The van der Waals surface area contributed by atoms with E-state index in [9.17, 15) is 9.18 Å². The number of rotatable bonds is 5. The number of ether oxygens (including phenoxy) is 1. The van der Waals surface area contributed by atoms with Gasteiger partial charge in [-0.05, 0) is 30.5 Å². The van der Waals surface area contributed by atoms with Crippen molar-refractivity contribution in [2.75, 3.05) is 13.2 Å². The standard InChI is InChI=1S/C17H22FN3O2/c1-11(2)16-13(5-6-23-16)9-20-17(22)21-10-14-7-12(8-19)3-4-15(14)18/h3-4,7,11,13,16H,5-6,9-10H2,1-2H3,(H2,20,21,22). The molecule has 1 aliphatic heterocycles. The van der Waals surface area contributed by atoms with Gasteiger partial charge in [0.25, 0.3) is 0 Å². The topological polar surface area (TPSA) is 74.2 Å². The Morgan fingerprint density at radius 1 is 1.48 bits per heavy atom. The summed E-state index contributed by atoms with van der Waals surface area (Å²) in [6.07, 6.45) is 1.10. The third-order valence-corrected chi connectivity index (χ3v) is 4.06. The van der Waals surface area contributed by atoms with Gasteiger partial charge in [-0.1, -0.05) is 13.8 Å². The molecule has 1 saturated heterocycles. The molecule has 0 bridgehead atoms. The van der Waals surface area contributed by atoms with Crippen LogP contribution >= 0.6 is 0 Å². The minimum absolute atomic E-state index is 0.0436. The second-order valence-corrected chi connectivity index (χ2v) is 6.11. The lowest BCUT2D eigenvalue weighted by Crippen LogP contribution is -2.40. The third kappa shape index (κ3) is 4.67. The minimum atomic E-state index is -0.437. The molecule has 1 aromatic rings. The molecule has 1 aliphatic rings. The second-order valence-electron chi connectivity index (χ2n) is 6.11. The first-order valence-corrected chi connectivity index (χ1v) is 7.83. The number of nitrogens with one attached hydrogen (secondary N) is 2. The summed E-state index contributed by atoms with van der Waals surface area (Å²) < 4.78 is 19.3. The molecule has 5 nitrogen and oxygen atoms in total. The third-order valence-electron chi connectivity index (χ3n) is 4.06. The molecule has 0 aliphatic carbocycles. The highest BCUT2D eigenvalue weighted by molar-refractivity contribution is 5.73. The fourth-order valence-corrected chi connectivity index (χ4v) is 2.85. The molecule has 23 heavy (non-hydrogen) atoms. The summed E-state index contributed by atoms with van der Waals surface area (Å²) in [6.45, 7) is 5.52. The van der Waals surface area contributed by atoms with Crippen molar-refractivity contribution in [3.63, 3.8) is 0 Å². The molecular formula is C17H22FN3O2. The highest BCUT2D eigenvalue weighted by atomic mass is 19.1. The molecular weight excluding hydrogens is 297 g/mol. The molecule has 0 aromatic heterocycles. The lowest BCUT2D eigenvalue weighted by atomic mass is 9.93. The van der Waals surface area contributed by atoms with Gasteiger partial charge in [0.15, 0.2) is 0 Å². The van der Waals surface area contributed by atoms with E-state index < -0.39 is 5.82 Å². The van der Waals surface area contributed by atoms with Crippen molar-refractivity contribution < 1.29 is 13.9 Å². The van der Waals surface area contributed by atoms with E-state index in [2.05, 4.69) is 24.5 Å². The van der Waals surface area contributed by atoms with Gasteiger partial charge in [0.05, 0.1) is 17.7 Å². The molecule has 0 spiro atoms. The summed E-state index contributed by atoms with van der Waals surface area (Å²) in [5.41, 5.74) is 0.662. The molecule has 1 aromatic carbocycles. The second kappa shape index (κ2) is 7.93. The van der Waals surface area contributed by atoms with Crippen molar-refractivity contribution in [2.45, 2.75) is 32.9 Å². The van der Waals surface area contributed by atoms with Gasteiger partial charge < -0.3 is 15.4 Å². The maximum absolute atomic E-state index is 13.6. The number of urea groups is 1. The van der Waals surface area contributed by atoms with Crippen LogP contribution in [0.5, 0.6) is 0 Å². The number of nitrogens with zero attached hydrogens (tertiary/aromatic N) is 1. The van der Waals surface area contributed by atoms with Crippen LogP contribution in [0.1, 0.15) is 31.4 Å². The minimum Gasteiger partial charge on any atom is -0.378 e. The molecule has 2 unspecified atom stereocenters. The molecule has 2 amide bonds. The van der Waals surface area contributed by atoms with E-state index in [0.717, 1.165) is 13.0 Å². The smallest absolute Gasteiger partial charge is 0.315 e. The summed E-state index contributed by atoms with van der Waals surface area (Å²) in [7, 11) is 0. The lowest BCUT2D eigenvalue weighted by Gasteiger charge is -2.22. The number of benzene rings is 1. The van der Waals surface area contributed by atoms with Gasteiger partial charge in [0.1, 0.15) is 5.82 Å². The molecule has 2 rings (SSSR count). The number of amides is 2. The number of nitriles is 1. The van der Waals surface area contributed by atoms with Crippen LogP contribution in [0.4, 0.5) is 9.18 Å². The van der Waals surface area contributed by atoms with Crippen LogP contribution in [0.25, 0.3) is 0 Å². The molecule has 124 valence electrons. The maximum atomic E-state index is 13.6. The van der Waals surface area contributed by atoms with Crippen LogP contribution in [-0.2, 0) is 11.3 Å². The molecule has 1 heterocycles. The fourth-order valence-electron chi connectivity index (χ4n) is 2.85. The Morgan fingerprint density at radius 2 is 2.26 bits per heavy atom. The first-order valence-electron chi connectivity index (χ1n) is 7.83. The van der Waals surface area contributed by atoms with Gasteiger partial charge in [0, 0.05) is 31.2 Å². The first kappa shape index (κ1) is 17.2. The summed E-state index contributed by atoms with van der Waals surface area (Å²) in [4.78, 5) is 11.9. The van der Waals surface area contributed by atoms with Gasteiger partial charge in [-0.2, -0.15) is 5.26 Å². The fraction of sp³-hybridized carbons (Fsp3) is 0.529. The Hall–Kier alpha value is -2.13. The van der Waals surface area contributed by atoms with E-state index in [1.54, 1.807) is 0 Å². The average molecular weight is 319 g/mol. The molecule has 2 N–H and O–H groups in total. The van der Waals surface area contributed by atoms with Gasteiger partial charge >= 0.3 is 6.03 Å². The Bertz CT molecular complexity index is 598. The SMILES string of the molecule is CC(C)C1OCCC1CNC(=O)NCc1cc(C#N)ccc1F. The number of hydrogen-bond donors (Lipinski definition) is 2. The maximum Gasteiger partial charge on any atom is 0.315 e. The highest BCUT2D eigenvalue weighted by Crippen LogP contribution is 2.26. The average Bonchev–Trinajstić information content (AvgIpc) is 3.01. The largest absolute Gasteiger partial charge is 0.378 e. The molecule has 2 atom stereocenters. The van der Waals surface area contributed by atoms with Crippen LogP contribution in [-0.4, -0.2) is 25.3 Å². The Balaban J connectivity index is 1.81. The van der Waals surface area contributed by atoms with Crippen LogP contribution in [0, 0.1) is 29.0 Å². The lowest BCUT2D eigenvalue weighted by molar-refractivity contribution is 0.0545. The van der Waals surface area contributed by atoms with E-state index in [1.165, 1.54) is 18.2 Å². The zero-order chi connectivity index (χ0) is 16.8. The summed E-state index contributed by atoms with van der Waals surface area (Å²) >= 11 is 0. The van der Waals surface area contributed by atoms with E-state index in [0.29, 0.717) is 29.5 Å². The van der Waals surface area contributed by atoms with E-state index in [1.807, 2.05) is 6.07 Å². The van der Waals surface area contributed by atoms with E-state index >= 15 is 0 Å². The van der Waals surface area contributed by atoms with Gasteiger partial charge in [-0.25, -0.2) is 9.18 Å². The zero-order valence-electron chi connectivity index (χ0n) is 13.4. The monoisotopic (exact) mass is 319 g/mol.